The van der Waals surface area contributed by atoms with Crippen molar-refractivity contribution >= 4 is 41.2 Å². The first-order valence-electron chi connectivity index (χ1n) is 11.7. The zero-order valence-electron chi connectivity index (χ0n) is 20.1. The van der Waals surface area contributed by atoms with E-state index in [0.29, 0.717) is 47.4 Å². The summed E-state index contributed by atoms with van der Waals surface area (Å²) in [6, 6.07) is 12.5. The zero-order chi connectivity index (χ0) is 25.1. The third-order valence-electron chi connectivity index (χ3n) is 6.57. The first kappa shape index (κ1) is 26.9. The number of benzene rings is 2. The minimum absolute atomic E-state index is 0. The highest BCUT2D eigenvalue weighted by Gasteiger charge is 2.28. The highest BCUT2D eigenvalue weighted by Crippen LogP contribution is 2.28. The van der Waals surface area contributed by atoms with Gasteiger partial charge in [-0.2, -0.15) is 0 Å². The molecule has 0 aliphatic carbocycles. The first-order valence-corrected chi connectivity index (χ1v) is 11.7. The Hall–Kier alpha value is -3.72. The summed E-state index contributed by atoms with van der Waals surface area (Å²) in [4.78, 5) is 43.9. The van der Waals surface area contributed by atoms with Gasteiger partial charge in [-0.1, -0.05) is 30.3 Å². The average Bonchev–Trinajstić information content (AvgIpc) is 3.37. The Morgan fingerprint density at radius 2 is 1.81 bits per heavy atom. The molecule has 3 aromatic rings. The predicted molar refractivity (Wildman–Crippen MR) is 140 cm³/mol. The molecule has 1 fully saturated rings. The van der Waals surface area contributed by atoms with Crippen molar-refractivity contribution in [2.24, 2.45) is 12.8 Å². The molecule has 0 bridgehead atoms. The molecule has 190 valence electrons. The Balaban J connectivity index is 0.00000361. The van der Waals surface area contributed by atoms with Crippen LogP contribution in [0.25, 0.3) is 11.0 Å². The number of nitrogens with one attached hydrogen (secondary N) is 1. The second-order valence-corrected chi connectivity index (χ2v) is 8.98. The van der Waals surface area contributed by atoms with E-state index in [2.05, 4.69) is 4.98 Å². The number of carboxylic acids is 1. The van der Waals surface area contributed by atoms with Gasteiger partial charge in [0.2, 0.25) is 5.91 Å². The number of nitrogens with zero attached hydrogens (tertiary/aromatic N) is 3. The zero-order valence-corrected chi connectivity index (χ0v) is 20.9. The van der Waals surface area contributed by atoms with Crippen LogP contribution in [0.1, 0.15) is 54.0 Å². The number of amides is 1. The highest BCUT2D eigenvalue weighted by molar-refractivity contribution is 5.94. The van der Waals surface area contributed by atoms with Crippen molar-refractivity contribution in [3.05, 3.63) is 75.2 Å². The Bertz CT molecular complexity index is 1350. The summed E-state index contributed by atoms with van der Waals surface area (Å²) in [5.41, 5.74) is 9.06. The number of aromatic nitrogens is 2. The van der Waals surface area contributed by atoms with E-state index in [-0.39, 0.29) is 42.6 Å². The molecule has 1 unspecified atom stereocenters. The van der Waals surface area contributed by atoms with Crippen LogP contribution >= 0.6 is 12.4 Å². The minimum atomic E-state index is -0.941. The van der Waals surface area contributed by atoms with E-state index in [1.807, 2.05) is 12.1 Å². The number of carboxylic acid groups (broad SMARTS) is 1. The van der Waals surface area contributed by atoms with Gasteiger partial charge in [0, 0.05) is 38.5 Å². The minimum Gasteiger partial charge on any atom is -0.481 e. The lowest BCUT2D eigenvalue weighted by atomic mass is 9.92. The standard InChI is InChI=1S/C26H29N5O4.ClH/c1-30-22-10-8-18(19(9-11-23(32)33)25(34)31-12-2-3-13-31)15-20(22)29-21(26(30)35)14-16-4-6-17(7-5-16)24(27)28;/h4-8,10,15,19H,2-3,9,11-14H2,1H3,(H3,27,28)(H,32,33);1H. The van der Waals surface area contributed by atoms with Gasteiger partial charge in [-0.05, 0) is 42.5 Å². The maximum absolute atomic E-state index is 13.2. The van der Waals surface area contributed by atoms with Crippen LogP contribution in [-0.2, 0) is 23.1 Å². The number of aliphatic carboxylic acids is 1. The Kier molecular flexibility index (Phi) is 8.47. The van der Waals surface area contributed by atoms with E-state index in [1.165, 1.54) is 0 Å². The molecule has 1 amide bonds. The van der Waals surface area contributed by atoms with Crippen LogP contribution in [0.3, 0.4) is 0 Å². The van der Waals surface area contributed by atoms with Crippen molar-refractivity contribution in [3.63, 3.8) is 0 Å². The summed E-state index contributed by atoms with van der Waals surface area (Å²) in [6.45, 7) is 1.38. The fraction of sp³-hybridized carbons (Fsp3) is 0.346. The van der Waals surface area contributed by atoms with Gasteiger partial charge in [0.15, 0.2) is 0 Å². The number of hydrogen-bond donors (Lipinski definition) is 3. The molecule has 2 aromatic carbocycles. The van der Waals surface area contributed by atoms with Gasteiger partial charge >= 0.3 is 5.97 Å². The monoisotopic (exact) mass is 511 g/mol. The number of nitrogens with two attached hydrogens (primary N) is 1. The molecule has 10 heteroatoms. The molecule has 1 aromatic heterocycles. The molecule has 4 rings (SSSR count). The second kappa shape index (κ2) is 11.3. The third kappa shape index (κ3) is 5.73. The molecule has 4 N–H and O–H groups in total. The van der Waals surface area contributed by atoms with Crippen molar-refractivity contribution in [2.75, 3.05) is 13.1 Å². The van der Waals surface area contributed by atoms with Crippen molar-refractivity contribution in [1.82, 2.24) is 14.5 Å². The maximum Gasteiger partial charge on any atom is 0.303 e. The fourth-order valence-corrected chi connectivity index (χ4v) is 4.60. The van der Waals surface area contributed by atoms with E-state index in [9.17, 15) is 19.5 Å². The fourth-order valence-electron chi connectivity index (χ4n) is 4.60. The Morgan fingerprint density at radius 1 is 1.14 bits per heavy atom. The molecule has 1 aliphatic rings. The van der Waals surface area contributed by atoms with Gasteiger partial charge < -0.3 is 20.3 Å². The van der Waals surface area contributed by atoms with Crippen LogP contribution < -0.4 is 11.3 Å². The predicted octanol–water partition coefficient (Wildman–Crippen LogP) is 2.80. The molecule has 0 saturated carbocycles. The van der Waals surface area contributed by atoms with E-state index >= 15 is 0 Å². The van der Waals surface area contributed by atoms with Gasteiger partial charge in [-0.25, -0.2) is 4.98 Å². The number of amidine groups is 1. The lowest BCUT2D eigenvalue weighted by molar-refractivity contribution is -0.137. The molecule has 0 radical (unpaired) electrons. The molecule has 1 atom stereocenters. The van der Waals surface area contributed by atoms with Gasteiger partial charge in [-0.3, -0.25) is 19.8 Å². The number of halogens is 1. The molecular formula is C26H30ClN5O4. The van der Waals surface area contributed by atoms with E-state index in [4.69, 9.17) is 11.1 Å². The SMILES string of the molecule is Cl.Cn1c(=O)c(Cc2ccc(C(=N)N)cc2)nc2cc(C(CCC(=O)O)C(=O)N3CCCC3)ccc21. The van der Waals surface area contributed by atoms with E-state index < -0.39 is 11.9 Å². The Morgan fingerprint density at radius 3 is 2.42 bits per heavy atom. The topological polar surface area (TPSA) is 142 Å². The van der Waals surface area contributed by atoms with Crippen LogP contribution in [0.2, 0.25) is 0 Å². The van der Waals surface area contributed by atoms with E-state index in [1.54, 1.807) is 46.8 Å². The highest BCUT2D eigenvalue weighted by atomic mass is 35.5. The third-order valence-corrected chi connectivity index (χ3v) is 6.57. The molecule has 1 saturated heterocycles. The van der Waals surface area contributed by atoms with Crippen LogP contribution in [0.4, 0.5) is 0 Å². The molecule has 2 heterocycles. The van der Waals surface area contributed by atoms with Gasteiger partial charge in [-0.15, -0.1) is 12.4 Å². The lowest BCUT2D eigenvalue weighted by Gasteiger charge is -2.23. The average molecular weight is 512 g/mol. The van der Waals surface area contributed by atoms with Crippen molar-refractivity contribution in [2.45, 2.75) is 38.0 Å². The summed E-state index contributed by atoms with van der Waals surface area (Å²) in [5.74, 6) is -1.60. The summed E-state index contributed by atoms with van der Waals surface area (Å²) >= 11 is 0. The number of carbonyl (C=O) groups excluding carboxylic acids is 1. The van der Waals surface area contributed by atoms with Crippen molar-refractivity contribution in [1.29, 1.82) is 5.41 Å². The number of hydrogen-bond acceptors (Lipinski definition) is 5. The number of fused-ring (bicyclic) bond motifs is 1. The number of aryl methyl sites for hydroxylation is 1. The maximum atomic E-state index is 13.2. The molecule has 1 aliphatic heterocycles. The van der Waals surface area contributed by atoms with Crippen LogP contribution in [0.5, 0.6) is 0 Å². The van der Waals surface area contributed by atoms with E-state index in [0.717, 1.165) is 18.4 Å². The smallest absolute Gasteiger partial charge is 0.303 e. The number of carbonyl (C=O) groups is 2. The van der Waals surface area contributed by atoms with Crippen LogP contribution in [0.15, 0.2) is 47.3 Å². The summed E-state index contributed by atoms with van der Waals surface area (Å²) in [5, 5.41) is 16.7. The lowest BCUT2D eigenvalue weighted by Crippen LogP contribution is -2.33. The molecule has 36 heavy (non-hydrogen) atoms. The van der Waals surface area contributed by atoms with Crippen molar-refractivity contribution < 1.29 is 14.7 Å². The quantitative estimate of drug-likeness (QED) is 0.313. The number of likely N-dealkylation sites (tertiary alicyclic amines) is 1. The normalized spacial score (nSPS) is 13.9. The molecule has 9 nitrogen and oxygen atoms in total. The van der Waals surface area contributed by atoms with Gasteiger partial charge in [0.05, 0.1) is 17.0 Å². The number of nitrogen functional groups attached to an aromatic ring is 1. The van der Waals surface area contributed by atoms with Gasteiger partial charge in [0.1, 0.15) is 11.5 Å². The molecular weight excluding hydrogens is 482 g/mol. The summed E-state index contributed by atoms with van der Waals surface area (Å²) in [7, 11) is 1.69. The summed E-state index contributed by atoms with van der Waals surface area (Å²) in [6.07, 6.45) is 2.31. The Labute approximate surface area is 214 Å². The van der Waals surface area contributed by atoms with Crippen LogP contribution in [-0.4, -0.2) is 50.4 Å². The van der Waals surface area contributed by atoms with Gasteiger partial charge in [0.25, 0.3) is 5.56 Å². The largest absolute Gasteiger partial charge is 0.481 e. The molecule has 0 spiro atoms. The summed E-state index contributed by atoms with van der Waals surface area (Å²) < 4.78 is 1.54. The van der Waals surface area contributed by atoms with Crippen molar-refractivity contribution in [3.8, 4) is 0 Å². The number of rotatable bonds is 8. The second-order valence-electron chi connectivity index (χ2n) is 8.98. The first-order chi connectivity index (χ1) is 16.7. The van der Waals surface area contributed by atoms with Crippen LogP contribution in [0, 0.1) is 5.41 Å².